The minimum atomic E-state index is -1.54. The van der Waals surface area contributed by atoms with E-state index < -0.39 is 7.12 Å². The number of rotatable bonds is 2. The average Bonchev–Trinajstić information content (AvgIpc) is 2.65. The maximum Gasteiger partial charge on any atom is 0.491 e. The Bertz CT molecular complexity index is 459. The van der Waals surface area contributed by atoms with Gasteiger partial charge in [0.05, 0.1) is 5.69 Å². The minimum absolute atomic E-state index is 0. The van der Waals surface area contributed by atoms with E-state index in [1.165, 1.54) is 12.4 Å². The fraction of sp³-hybridized carbons (Fsp3) is 0.125. The van der Waals surface area contributed by atoms with Crippen LogP contribution in [0.1, 0.15) is 5.69 Å². The molecule has 84 valence electrons. The van der Waals surface area contributed by atoms with E-state index in [2.05, 4.69) is 15.0 Å². The third kappa shape index (κ3) is 2.57. The van der Waals surface area contributed by atoms with E-state index in [9.17, 15) is 0 Å². The standard InChI is InChI=1S/C8H9BN4O2.ClH/c1-6-4-13(5-12-6)8-10-2-7(3-11-8)9(14)15;/h2-5,14-15H,1H3;1H. The number of nitrogens with zero attached hydrogens (tertiary/aromatic N) is 4. The zero-order chi connectivity index (χ0) is 10.8. The Morgan fingerprint density at radius 1 is 1.19 bits per heavy atom. The highest BCUT2D eigenvalue weighted by Gasteiger charge is 2.11. The molecule has 2 rings (SSSR count). The van der Waals surface area contributed by atoms with Crippen LogP contribution in [0.15, 0.2) is 24.9 Å². The summed E-state index contributed by atoms with van der Waals surface area (Å²) in [7, 11) is -1.54. The van der Waals surface area contributed by atoms with Crippen molar-refractivity contribution in [2.75, 3.05) is 0 Å². The molecule has 2 aromatic rings. The number of hydrogen-bond donors (Lipinski definition) is 2. The molecule has 0 fully saturated rings. The van der Waals surface area contributed by atoms with Crippen molar-refractivity contribution < 1.29 is 10.0 Å². The molecule has 0 spiro atoms. The number of aryl methyl sites for hydroxylation is 1. The van der Waals surface area contributed by atoms with Crippen LogP contribution in [0.3, 0.4) is 0 Å². The van der Waals surface area contributed by atoms with Gasteiger partial charge in [-0.05, 0) is 6.92 Å². The Morgan fingerprint density at radius 2 is 1.81 bits per heavy atom. The molecule has 0 unspecified atom stereocenters. The maximum atomic E-state index is 8.85. The molecule has 0 atom stereocenters. The van der Waals surface area contributed by atoms with Gasteiger partial charge in [-0.15, -0.1) is 12.4 Å². The molecule has 0 saturated carbocycles. The highest BCUT2D eigenvalue weighted by molar-refractivity contribution is 6.58. The van der Waals surface area contributed by atoms with Gasteiger partial charge in [-0.1, -0.05) is 0 Å². The van der Waals surface area contributed by atoms with Crippen molar-refractivity contribution in [3.63, 3.8) is 0 Å². The maximum absolute atomic E-state index is 8.85. The number of hydrogen-bond acceptors (Lipinski definition) is 5. The molecule has 0 bridgehead atoms. The fourth-order valence-corrected chi connectivity index (χ4v) is 1.13. The monoisotopic (exact) mass is 240 g/mol. The van der Waals surface area contributed by atoms with Crippen molar-refractivity contribution in [1.29, 1.82) is 0 Å². The Hall–Kier alpha value is -1.44. The summed E-state index contributed by atoms with van der Waals surface area (Å²) in [5, 5.41) is 17.7. The molecule has 2 heterocycles. The topological polar surface area (TPSA) is 84.1 Å². The average molecular weight is 240 g/mol. The first kappa shape index (κ1) is 12.6. The molecule has 2 N–H and O–H groups in total. The molecule has 6 nitrogen and oxygen atoms in total. The molecule has 0 aliphatic heterocycles. The second kappa shape index (κ2) is 5.06. The van der Waals surface area contributed by atoms with Gasteiger partial charge in [0.15, 0.2) is 0 Å². The fourth-order valence-electron chi connectivity index (χ4n) is 1.13. The first-order chi connectivity index (χ1) is 7.16. The Morgan fingerprint density at radius 3 is 2.25 bits per heavy atom. The van der Waals surface area contributed by atoms with E-state index >= 15 is 0 Å². The van der Waals surface area contributed by atoms with Gasteiger partial charge in [-0.25, -0.2) is 15.0 Å². The van der Waals surface area contributed by atoms with E-state index in [1.54, 1.807) is 17.1 Å². The van der Waals surface area contributed by atoms with Gasteiger partial charge in [0, 0.05) is 24.1 Å². The largest absolute Gasteiger partial charge is 0.491 e. The molecule has 0 saturated heterocycles. The lowest BCUT2D eigenvalue weighted by atomic mass is 9.83. The molecule has 16 heavy (non-hydrogen) atoms. The van der Waals surface area contributed by atoms with E-state index in [-0.39, 0.29) is 17.9 Å². The summed E-state index contributed by atoms with van der Waals surface area (Å²) in [6, 6.07) is 0. The third-order valence-corrected chi connectivity index (χ3v) is 1.90. The van der Waals surface area contributed by atoms with Crippen LogP contribution in [-0.2, 0) is 0 Å². The lowest BCUT2D eigenvalue weighted by molar-refractivity contribution is 0.425. The lowest BCUT2D eigenvalue weighted by Crippen LogP contribution is -2.30. The second-order valence-electron chi connectivity index (χ2n) is 3.11. The predicted molar refractivity (Wildman–Crippen MR) is 61.0 cm³/mol. The Labute approximate surface area is 98.6 Å². The first-order valence-corrected chi connectivity index (χ1v) is 4.36. The molecule has 2 aromatic heterocycles. The van der Waals surface area contributed by atoms with E-state index in [1.807, 2.05) is 6.92 Å². The van der Waals surface area contributed by atoms with Gasteiger partial charge < -0.3 is 10.0 Å². The zero-order valence-corrected chi connectivity index (χ0v) is 9.29. The highest BCUT2D eigenvalue weighted by Crippen LogP contribution is 1.99. The van der Waals surface area contributed by atoms with Crippen molar-refractivity contribution in [2.24, 2.45) is 0 Å². The number of imidazole rings is 1. The molecule has 0 aliphatic rings. The van der Waals surface area contributed by atoms with Gasteiger partial charge >= 0.3 is 7.12 Å². The number of aromatic nitrogens is 4. The Kier molecular flexibility index (Phi) is 4.00. The van der Waals surface area contributed by atoms with E-state index in [4.69, 9.17) is 10.0 Å². The summed E-state index contributed by atoms with van der Waals surface area (Å²) in [6.07, 6.45) is 6.11. The summed E-state index contributed by atoms with van der Waals surface area (Å²) in [6.45, 7) is 1.86. The van der Waals surface area contributed by atoms with Crippen molar-refractivity contribution in [1.82, 2.24) is 19.5 Å². The molecule has 8 heteroatoms. The van der Waals surface area contributed by atoms with Gasteiger partial charge in [0.25, 0.3) is 0 Å². The molecule has 0 radical (unpaired) electrons. The van der Waals surface area contributed by atoms with Crippen LogP contribution in [0, 0.1) is 6.92 Å². The van der Waals surface area contributed by atoms with E-state index in [0.29, 0.717) is 5.95 Å². The molecule has 0 amide bonds. The van der Waals surface area contributed by atoms with E-state index in [0.717, 1.165) is 5.69 Å². The normalized spacial score (nSPS) is 9.69. The second-order valence-corrected chi connectivity index (χ2v) is 3.11. The van der Waals surface area contributed by atoms with Crippen molar-refractivity contribution in [2.45, 2.75) is 6.92 Å². The lowest BCUT2D eigenvalue weighted by Gasteiger charge is -2.01. The number of halogens is 1. The van der Waals surface area contributed by atoms with Gasteiger partial charge in [-0.2, -0.15) is 0 Å². The quantitative estimate of drug-likeness (QED) is 0.663. The van der Waals surface area contributed by atoms with Crippen LogP contribution in [0.5, 0.6) is 0 Å². The molecule has 0 aromatic carbocycles. The van der Waals surface area contributed by atoms with Gasteiger partial charge in [-0.3, -0.25) is 4.57 Å². The molecular weight excluding hydrogens is 230 g/mol. The van der Waals surface area contributed by atoms with Crippen LogP contribution in [-0.4, -0.2) is 36.7 Å². The zero-order valence-electron chi connectivity index (χ0n) is 8.48. The van der Waals surface area contributed by atoms with Crippen LogP contribution < -0.4 is 5.46 Å². The highest BCUT2D eigenvalue weighted by atomic mass is 35.5. The van der Waals surface area contributed by atoms with Crippen LogP contribution >= 0.6 is 12.4 Å². The smallest absolute Gasteiger partial charge is 0.423 e. The summed E-state index contributed by atoms with van der Waals surface area (Å²) in [4.78, 5) is 12.0. The third-order valence-electron chi connectivity index (χ3n) is 1.90. The SMILES string of the molecule is Cc1cn(-c2ncc(B(O)O)cn2)cn1.Cl. The molecule has 0 aliphatic carbocycles. The Balaban J connectivity index is 0.00000128. The minimum Gasteiger partial charge on any atom is -0.423 e. The summed E-state index contributed by atoms with van der Waals surface area (Å²) in [5.41, 5.74) is 1.13. The first-order valence-electron chi connectivity index (χ1n) is 4.36. The summed E-state index contributed by atoms with van der Waals surface area (Å²) >= 11 is 0. The molecular formula is C8H10BClN4O2. The van der Waals surface area contributed by atoms with Crippen molar-refractivity contribution in [3.8, 4) is 5.95 Å². The van der Waals surface area contributed by atoms with Crippen molar-refractivity contribution in [3.05, 3.63) is 30.6 Å². The van der Waals surface area contributed by atoms with Crippen LogP contribution in [0.25, 0.3) is 5.95 Å². The van der Waals surface area contributed by atoms with Crippen molar-refractivity contribution >= 4 is 25.0 Å². The van der Waals surface area contributed by atoms with Gasteiger partial charge in [0.2, 0.25) is 5.95 Å². The summed E-state index contributed by atoms with van der Waals surface area (Å²) in [5.74, 6) is 0.444. The predicted octanol–water partition coefficient (Wildman–Crippen LogP) is -0.928. The van der Waals surface area contributed by atoms with Crippen LogP contribution in [0.2, 0.25) is 0 Å². The summed E-state index contributed by atoms with van der Waals surface area (Å²) < 4.78 is 1.66. The van der Waals surface area contributed by atoms with Gasteiger partial charge in [0.1, 0.15) is 6.33 Å². The van der Waals surface area contributed by atoms with Crippen LogP contribution in [0.4, 0.5) is 0 Å².